The highest BCUT2D eigenvalue weighted by atomic mass is 16.5. The molecule has 19 heavy (non-hydrogen) atoms. The van der Waals surface area contributed by atoms with Crippen molar-refractivity contribution < 1.29 is 9.53 Å². The summed E-state index contributed by atoms with van der Waals surface area (Å²) in [5, 5.41) is 3.50. The van der Waals surface area contributed by atoms with Gasteiger partial charge in [0.1, 0.15) is 5.69 Å². The third-order valence-electron chi connectivity index (χ3n) is 4.08. The van der Waals surface area contributed by atoms with E-state index in [1.165, 1.54) is 39.2 Å². The van der Waals surface area contributed by atoms with Gasteiger partial charge in [0.15, 0.2) is 0 Å². The highest BCUT2D eigenvalue weighted by Gasteiger charge is 2.26. The molecule has 2 N–H and O–H groups in total. The summed E-state index contributed by atoms with van der Waals surface area (Å²) in [6, 6.07) is 3.70. The molecule has 1 aromatic heterocycles. The first-order valence-electron chi connectivity index (χ1n) is 7.10. The van der Waals surface area contributed by atoms with Crippen LogP contribution in [0.1, 0.15) is 55.2 Å². The molecule has 0 atom stereocenters. The highest BCUT2D eigenvalue weighted by molar-refractivity contribution is 5.87. The highest BCUT2D eigenvalue weighted by Crippen LogP contribution is 2.34. The van der Waals surface area contributed by atoms with Crippen molar-refractivity contribution in [2.75, 3.05) is 13.7 Å². The number of carbonyl (C=O) groups is 1. The van der Waals surface area contributed by atoms with Crippen LogP contribution in [-0.2, 0) is 11.3 Å². The molecule has 0 radical (unpaired) electrons. The Morgan fingerprint density at radius 2 is 2.11 bits per heavy atom. The fraction of sp³-hybridized carbons (Fsp3) is 0.667. The molecule has 1 aromatic rings. The second-order valence-corrected chi connectivity index (χ2v) is 5.86. The quantitative estimate of drug-likeness (QED) is 0.804. The molecule has 1 fully saturated rings. The fourth-order valence-corrected chi connectivity index (χ4v) is 2.85. The number of aromatic amines is 1. The monoisotopic (exact) mass is 264 g/mol. The van der Waals surface area contributed by atoms with E-state index in [9.17, 15) is 4.79 Å². The molecule has 4 heteroatoms. The number of methoxy groups -OCH3 is 1. The van der Waals surface area contributed by atoms with Gasteiger partial charge in [-0.1, -0.05) is 26.2 Å². The van der Waals surface area contributed by atoms with E-state index in [4.69, 9.17) is 0 Å². The van der Waals surface area contributed by atoms with Crippen LogP contribution < -0.4 is 5.32 Å². The minimum atomic E-state index is -0.314. The van der Waals surface area contributed by atoms with Gasteiger partial charge < -0.3 is 15.0 Å². The van der Waals surface area contributed by atoms with E-state index in [-0.39, 0.29) is 5.97 Å². The largest absolute Gasteiger partial charge is 0.464 e. The smallest absolute Gasteiger partial charge is 0.354 e. The summed E-state index contributed by atoms with van der Waals surface area (Å²) in [6.45, 7) is 4.18. The Labute approximate surface area is 114 Å². The molecular formula is C15H24N2O2. The zero-order chi connectivity index (χ0) is 13.7. The molecule has 0 spiro atoms. The number of rotatable bonds is 5. The molecule has 0 unspecified atom stereocenters. The van der Waals surface area contributed by atoms with E-state index in [0.717, 1.165) is 18.8 Å². The predicted molar refractivity (Wildman–Crippen MR) is 75.0 cm³/mol. The molecule has 1 saturated carbocycles. The number of nitrogens with one attached hydrogen (secondary N) is 2. The molecule has 0 aromatic carbocycles. The van der Waals surface area contributed by atoms with Crippen molar-refractivity contribution >= 4 is 5.97 Å². The van der Waals surface area contributed by atoms with Gasteiger partial charge in [0.05, 0.1) is 7.11 Å². The van der Waals surface area contributed by atoms with Crippen LogP contribution in [0, 0.1) is 5.41 Å². The average molecular weight is 264 g/mol. The normalized spacial score (nSPS) is 18.2. The van der Waals surface area contributed by atoms with Crippen LogP contribution >= 0.6 is 0 Å². The van der Waals surface area contributed by atoms with Crippen LogP contribution in [0.5, 0.6) is 0 Å². The van der Waals surface area contributed by atoms with Crippen LogP contribution in [-0.4, -0.2) is 24.6 Å². The van der Waals surface area contributed by atoms with Crippen molar-refractivity contribution in [1.29, 1.82) is 0 Å². The van der Waals surface area contributed by atoms with Gasteiger partial charge in [0.2, 0.25) is 0 Å². The van der Waals surface area contributed by atoms with Crippen molar-refractivity contribution in [3.8, 4) is 0 Å². The van der Waals surface area contributed by atoms with Crippen LogP contribution in [0.15, 0.2) is 12.1 Å². The molecule has 1 heterocycles. The maximum Gasteiger partial charge on any atom is 0.354 e. The number of aromatic nitrogens is 1. The SMILES string of the molecule is COC(=O)c1ccc(CNCC2(C)CCCCC2)[nH]1. The first-order chi connectivity index (χ1) is 9.13. The molecule has 1 aliphatic carbocycles. The van der Waals surface area contributed by atoms with E-state index < -0.39 is 0 Å². The lowest BCUT2D eigenvalue weighted by atomic mass is 9.76. The number of carbonyl (C=O) groups excluding carboxylic acids is 1. The van der Waals surface area contributed by atoms with E-state index in [1.54, 1.807) is 6.07 Å². The Morgan fingerprint density at radius 3 is 2.79 bits per heavy atom. The van der Waals surface area contributed by atoms with Crippen molar-refractivity contribution in [1.82, 2.24) is 10.3 Å². The lowest BCUT2D eigenvalue weighted by Crippen LogP contribution is -2.33. The standard InChI is InChI=1S/C15H24N2O2/c1-15(8-4-3-5-9-15)11-16-10-12-6-7-13(17-12)14(18)19-2/h6-7,16-17H,3-5,8-11H2,1-2H3. The summed E-state index contributed by atoms with van der Waals surface area (Å²) in [5.74, 6) is -0.314. The van der Waals surface area contributed by atoms with Crippen molar-refractivity contribution in [3.05, 3.63) is 23.5 Å². The van der Waals surface area contributed by atoms with E-state index in [2.05, 4.69) is 22.0 Å². The lowest BCUT2D eigenvalue weighted by Gasteiger charge is -2.33. The predicted octanol–water partition coefficient (Wildman–Crippen LogP) is 2.86. The number of hydrogen-bond donors (Lipinski definition) is 2. The van der Waals surface area contributed by atoms with E-state index in [0.29, 0.717) is 11.1 Å². The van der Waals surface area contributed by atoms with Gasteiger partial charge in [-0.25, -0.2) is 4.79 Å². The van der Waals surface area contributed by atoms with Crippen LogP contribution in [0.3, 0.4) is 0 Å². The van der Waals surface area contributed by atoms with E-state index >= 15 is 0 Å². The van der Waals surface area contributed by atoms with Gasteiger partial charge in [-0.2, -0.15) is 0 Å². The van der Waals surface area contributed by atoms with E-state index in [1.807, 2.05) is 6.07 Å². The average Bonchev–Trinajstić information content (AvgIpc) is 2.87. The summed E-state index contributed by atoms with van der Waals surface area (Å²) in [6.07, 6.45) is 6.73. The first-order valence-corrected chi connectivity index (χ1v) is 7.10. The summed E-state index contributed by atoms with van der Waals surface area (Å²) in [4.78, 5) is 14.4. The Morgan fingerprint density at radius 1 is 1.37 bits per heavy atom. The third kappa shape index (κ3) is 3.83. The fourth-order valence-electron chi connectivity index (χ4n) is 2.85. The summed E-state index contributed by atoms with van der Waals surface area (Å²) >= 11 is 0. The minimum absolute atomic E-state index is 0.314. The molecular weight excluding hydrogens is 240 g/mol. The van der Waals surface area contributed by atoms with Gasteiger partial charge in [-0.15, -0.1) is 0 Å². The molecule has 0 saturated heterocycles. The lowest BCUT2D eigenvalue weighted by molar-refractivity contribution is 0.0594. The molecule has 106 valence electrons. The summed E-state index contributed by atoms with van der Waals surface area (Å²) in [7, 11) is 1.39. The van der Waals surface area contributed by atoms with Gasteiger partial charge in [-0.05, 0) is 30.4 Å². The molecule has 2 rings (SSSR count). The number of esters is 1. The topological polar surface area (TPSA) is 54.1 Å². The maximum atomic E-state index is 11.3. The minimum Gasteiger partial charge on any atom is -0.464 e. The van der Waals surface area contributed by atoms with Crippen molar-refractivity contribution in [3.63, 3.8) is 0 Å². The Bertz CT molecular complexity index is 420. The Hall–Kier alpha value is -1.29. The van der Waals surface area contributed by atoms with Crippen molar-refractivity contribution in [2.24, 2.45) is 5.41 Å². The van der Waals surface area contributed by atoms with Crippen molar-refractivity contribution in [2.45, 2.75) is 45.6 Å². The number of ether oxygens (including phenoxy) is 1. The maximum absolute atomic E-state index is 11.3. The van der Waals surface area contributed by atoms with Crippen LogP contribution in [0.25, 0.3) is 0 Å². The second-order valence-electron chi connectivity index (χ2n) is 5.86. The number of H-pyrrole nitrogens is 1. The zero-order valence-corrected chi connectivity index (χ0v) is 11.9. The van der Waals surface area contributed by atoms with Crippen LogP contribution in [0.2, 0.25) is 0 Å². The molecule has 0 bridgehead atoms. The van der Waals surface area contributed by atoms with Gasteiger partial charge in [-0.3, -0.25) is 0 Å². The molecule has 0 amide bonds. The summed E-state index contributed by atoms with van der Waals surface area (Å²) in [5.41, 5.74) is 1.98. The van der Waals surface area contributed by atoms with Gasteiger partial charge in [0, 0.05) is 18.8 Å². The second kappa shape index (κ2) is 6.24. The molecule has 4 nitrogen and oxygen atoms in total. The summed E-state index contributed by atoms with van der Waals surface area (Å²) < 4.78 is 4.67. The van der Waals surface area contributed by atoms with Crippen LogP contribution in [0.4, 0.5) is 0 Å². The number of hydrogen-bond acceptors (Lipinski definition) is 3. The Balaban J connectivity index is 1.79. The van der Waals surface area contributed by atoms with Gasteiger partial charge in [0.25, 0.3) is 0 Å². The van der Waals surface area contributed by atoms with Gasteiger partial charge >= 0.3 is 5.97 Å². The Kier molecular flexibility index (Phi) is 4.64. The molecule has 1 aliphatic rings. The zero-order valence-electron chi connectivity index (χ0n) is 11.9. The third-order valence-corrected chi connectivity index (χ3v) is 4.08. The molecule has 0 aliphatic heterocycles. The first kappa shape index (κ1) is 14.1.